The number of nitrogens with one attached hydrogen (secondary N) is 1. The molecule has 1 aromatic carbocycles. The SMILES string of the molecule is O=C(CCn1ccc2ccc(Cl)cc21)NCCc1ccccn1. The summed E-state index contributed by atoms with van der Waals surface area (Å²) in [6.07, 6.45) is 4.94. The fourth-order valence-corrected chi connectivity index (χ4v) is 2.70. The number of hydrogen-bond acceptors (Lipinski definition) is 2. The molecule has 3 rings (SSSR count). The number of benzene rings is 1. The molecule has 1 amide bonds. The predicted molar refractivity (Wildman–Crippen MR) is 92.5 cm³/mol. The minimum atomic E-state index is 0.0461. The average molecular weight is 328 g/mol. The van der Waals surface area contributed by atoms with E-state index in [1.54, 1.807) is 6.20 Å². The quantitative estimate of drug-likeness (QED) is 0.754. The number of rotatable bonds is 6. The topological polar surface area (TPSA) is 46.9 Å². The van der Waals surface area contributed by atoms with Crippen LogP contribution in [0, 0.1) is 0 Å². The first kappa shape index (κ1) is 15.6. The smallest absolute Gasteiger partial charge is 0.221 e. The highest BCUT2D eigenvalue weighted by atomic mass is 35.5. The molecule has 4 nitrogen and oxygen atoms in total. The van der Waals surface area contributed by atoms with Crippen molar-refractivity contribution < 1.29 is 4.79 Å². The molecular formula is C18H18ClN3O. The van der Waals surface area contributed by atoms with Gasteiger partial charge in [0, 0.05) is 54.6 Å². The Morgan fingerprint density at radius 2 is 2.13 bits per heavy atom. The summed E-state index contributed by atoms with van der Waals surface area (Å²) in [7, 11) is 0. The highest BCUT2D eigenvalue weighted by Gasteiger charge is 2.05. The second kappa shape index (κ2) is 7.29. The van der Waals surface area contributed by atoms with E-state index in [0.29, 0.717) is 24.5 Å². The zero-order valence-electron chi connectivity index (χ0n) is 12.7. The molecule has 23 heavy (non-hydrogen) atoms. The van der Waals surface area contributed by atoms with E-state index in [1.807, 2.05) is 48.7 Å². The van der Waals surface area contributed by atoms with Crippen LogP contribution in [0.5, 0.6) is 0 Å². The zero-order chi connectivity index (χ0) is 16.1. The van der Waals surface area contributed by atoms with Gasteiger partial charge >= 0.3 is 0 Å². The fraction of sp³-hybridized carbons (Fsp3) is 0.222. The third kappa shape index (κ3) is 4.11. The lowest BCUT2D eigenvalue weighted by atomic mass is 10.2. The van der Waals surface area contributed by atoms with E-state index < -0.39 is 0 Å². The molecule has 2 aromatic heterocycles. The van der Waals surface area contributed by atoms with Gasteiger partial charge in [-0.3, -0.25) is 9.78 Å². The van der Waals surface area contributed by atoms with Crippen LogP contribution in [0.15, 0.2) is 54.9 Å². The lowest BCUT2D eigenvalue weighted by molar-refractivity contribution is -0.121. The van der Waals surface area contributed by atoms with Crippen molar-refractivity contribution in [3.63, 3.8) is 0 Å². The summed E-state index contributed by atoms with van der Waals surface area (Å²) in [5.74, 6) is 0.0461. The maximum absolute atomic E-state index is 12.0. The van der Waals surface area contributed by atoms with Crippen molar-refractivity contribution in [2.24, 2.45) is 0 Å². The van der Waals surface area contributed by atoms with Crippen LogP contribution in [0.25, 0.3) is 10.9 Å². The molecule has 0 atom stereocenters. The van der Waals surface area contributed by atoms with Crippen LogP contribution in [-0.2, 0) is 17.8 Å². The minimum Gasteiger partial charge on any atom is -0.356 e. The molecule has 5 heteroatoms. The lowest BCUT2D eigenvalue weighted by Crippen LogP contribution is -2.26. The number of pyridine rings is 1. The first-order chi connectivity index (χ1) is 11.2. The lowest BCUT2D eigenvalue weighted by Gasteiger charge is -2.07. The largest absolute Gasteiger partial charge is 0.356 e. The summed E-state index contributed by atoms with van der Waals surface area (Å²) < 4.78 is 2.06. The van der Waals surface area contributed by atoms with E-state index >= 15 is 0 Å². The van der Waals surface area contributed by atoms with Crippen molar-refractivity contribution in [1.82, 2.24) is 14.9 Å². The first-order valence-electron chi connectivity index (χ1n) is 7.63. The molecule has 0 fully saturated rings. The number of halogens is 1. The Balaban J connectivity index is 1.49. The average Bonchev–Trinajstić information content (AvgIpc) is 2.96. The standard InChI is InChI=1S/C18H18ClN3O/c19-15-5-4-14-7-11-22(17(14)13-15)12-8-18(23)21-10-6-16-3-1-2-9-20-16/h1-5,7,9,11,13H,6,8,10,12H2,(H,21,23). The fourth-order valence-electron chi connectivity index (χ4n) is 2.54. The molecule has 118 valence electrons. The molecule has 0 unspecified atom stereocenters. The number of aryl methyl sites for hydroxylation is 1. The molecule has 0 saturated carbocycles. The van der Waals surface area contributed by atoms with Gasteiger partial charge in [0.05, 0.1) is 0 Å². The number of carbonyl (C=O) groups is 1. The van der Waals surface area contributed by atoms with E-state index in [0.717, 1.165) is 23.0 Å². The summed E-state index contributed by atoms with van der Waals surface area (Å²) >= 11 is 6.04. The van der Waals surface area contributed by atoms with Crippen LogP contribution < -0.4 is 5.32 Å². The van der Waals surface area contributed by atoms with Gasteiger partial charge in [0.2, 0.25) is 5.91 Å². The van der Waals surface area contributed by atoms with Crippen LogP contribution >= 0.6 is 11.6 Å². The Labute approximate surface area is 140 Å². The van der Waals surface area contributed by atoms with Crippen molar-refractivity contribution in [3.8, 4) is 0 Å². The first-order valence-corrected chi connectivity index (χ1v) is 8.01. The van der Waals surface area contributed by atoms with Crippen molar-refractivity contribution in [1.29, 1.82) is 0 Å². The molecule has 0 aliphatic carbocycles. The molecule has 0 spiro atoms. The Kier molecular flexibility index (Phi) is 4.93. The van der Waals surface area contributed by atoms with Crippen LogP contribution in [0.3, 0.4) is 0 Å². The second-order valence-corrected chi connectivity index (χ2v) is 5.82. The Morgan fingerprint density at radius 3 is 2.96 bits per heavy atom. The van der Waals surface area contributed by atoms with Gasteiger partial charge in [0.1, 0.15) is 0 Å². The molecule has 3 aromatic rings. The highest BCUT2D eigenvalue weighted by Crippen LogP contribution is 2.20. The van der Waals surface area contributed by atoms with E-state index in [9.17, 15) is 4.79 Å². The zero-order valence-corrected chi connectivity index (χ0v) is 13.5. The van der Waals surface area contributed by atoms with E-state index in [4.69, 9.17) is 11.6 Å². The number of nitrogens with zero attached hydrogens (tertiary/aromatic N) is 2. The van der Waals surface area contributed by atoms with Crippen molar-refractivity contribution in [2.75, 3.05) is 6.54 Å². The van der Waals surface area contributed by atoms with E-state index in [-0.39, 0.29) is 5.91 Å². The number of fused-ring (bicyclic) bond motifs is 1. The molecule has 0 aliphatic rings. The summed E-state index contributed by atoms with van der Waals surface area (Å²) in [5, 5.41) is 4.77. The molecule has 1 N–H and O–H groups in total. The molecule has 0 aliphatic heterocycles. The Hall–Kier alpha value is -2.33. The van der Waals surface area contributed by atoms with E-state index in [2.05, 4.69) is 14.9 Å². The van der Waals surface area contributed by atoms with Crippen LogP contribution in [-0.4, -0.2) is 22.0 Å². The summed E-state index contributed by atoms with van der Waals surface area (Å²) in [4.78, 5) is 16.2. The van der Waals surface area contributed by atoms with Gasteiger partial charge in [0.25, 0.3) is 0 Å². The number of carbonyl (C=O) groups excluding carboxylic acids is 1. The van der Waals surface area contributed by atoms with Crippen LogP contribution in [0.4, 0.5) is 0 Å². The maximum Gasteiger partial charge on any atom is 0.221 e. The molecule has 0 saturated heterocycles. The van der Waals surface area contributed by atoms with Gasteiger partial charge < -0.3 is 9.88 Å². The predicted octanol–water partition coefficient (Wildman–Crippen LogP) is 3.44. The van der Waals surface area contributed by atoms with Gasteiger partial charge in [-0.05, 0) is 35.7 Å². The number of hydrogen-bond donors (Lipinski definition) is 1. The maximum atomic E-state index is 12.0. The highest BCUT2D eigenvalue weighted by molar-refractivity contribution is 6.31. The van der Waals surface area contributed by atoms with Crippen LogP contribution in [0.2, 0.25) is 5.02 Å². The van der Waals surface area contributed by atoms with Crippen molar-refractivity contribution >= 4 is 28.4 Å². The molecule has 2 heterocycles. The van der Waals surface area contributed by atoms with Gasteiger partial charge in [-0.2, -0.15) is 0 Å². The van der Waals surface area contributed by atoms with Gasteiger partial charge in [-0.25, -0.2) is 0 Å². The third-order valence-corrected chi connectivity index (χ3v) is 3.98. The number of amides is 1. The Morgan fingerprint density at radius 1 is 1.22 bits per heavy atom. The van der Waals surface area contributed by atoms with Gasteiger partial charge in [-0.1, -0.05) is 23.7 Å². The monoisotopic (exact) mass is 327 g/mol. The van der Waals surface area contributed by atoms with Crippen molar-refractivity contribution in [3.05, 3.63) is 65.6 Å². The number of aromatic nitrogens is 2. The minimum absolute atomic E-state index is 0.0461. The molecule has 0 bridgehead atoms. The summed E-state index contributed by atoms with van der Waals surface area (Å²) in [5.41, 5.74) is 2.04. The van der Waals surface area contributed by atoms with E-state index in [1.165, 1.54) is 0 Å². The van der Waals surface area contributed by atoms with Crippen molar-refractivity contribution in [2.45, 2.75) is 19.4 Å². The summed E-state index contributed by atoms with van der Waals surface area (Å²) in [6, 6.07) is 13.6. The van der Waals surface area contributed by atoms with Crippen LogP contribution in [0.1, 0.15) is 12.1 Å². The second-order valence-electron chi connectivity index (χ2n) is 5.38. The van der Waals surface area contributed by atoms with Gasteiger partial charge in [0.15, 0.2) is 0 Å². The Bertz CT molecular complexity index is 798. The normalized spacial score (nSPS) is 10.8. The molecule has 0 radical (unpaired) electrons. The molecular weight excluding hydrogens is 310 g/mol. The van der Waals surface area contributed by atoms with Gasteiger partial charge in [-0.15, -0.1) is 0 Å². The summed E-state index contributed by atoms with van der Waals surface area (Å²) in [6.45, 7) is 1.24. The third-order valence-electron chi connectivity index (χ3n) is 3.75.